The van der Waals surface area contributed by atoms with E-state index >= 15 is 0 Å². The Morgan fingerprint density at radius 2 is 1.87 bits per heavy atom. The lowest BCUT2D eigenvalue weighted by atomic mass is 10.1. The maximum Gasteiger partial charge on any atom is 0.264 e. The number of pyridine rings is 1. The Bertz CT molecular complexity index is 1080. The summed E-state index contributed by atoms with van der Waals surface area (Å²) in [6.45, 7) is 2.60. The van der Waals surface area contributed by atoms with Gasteiger partial charge in [-0.05, 0) is 49.4 Å². The van der Waals surface area contributed by atoms with Gasteiger partial charge >= 0.3 is 0 Å². The van der Waals surface area contributed by atoms with E-state index in [1.54, 1.807) is 0 Å². The molecule has 0 unspecified atom stereocenters. The number of anilines is 3. The number of hydrogen-bond acceptors (Lipinski definition) is 6. The van der Waals surface area contributed by atoms with Crippen LogP contribution < -0.4 is 21.7 Å². The molecule has 0 radical (unpaired) electrons. The van der Waals surface area contributed by atoms with Gasteiger partial charge in [0.05, 0.1) is 5.69 Å². The number of fused-ring (bicyclic) bond motifs is 1. The van der Waals surface area contributed by atoms with Gasteiger partial charge in [0.2, 0.25) is 0 Å². The molecule has 1 amide bonds. The van der Waals surface area contributed by atoms with Crippen LogP contribution in [0.1, 0.15) is 46.5 Å². The van der Waals surface area contributed by atoms with Crippen molar-refractivity contribution in [2.45, 2.75) is 32.1 Å². The first kappa shape index (κ1) is 21.3. The van der Waals surface area contributed by atoms with Gasteiger partial charge in [-0.1, -0.05) is 12.1 Å². The average Bonchev–Trinajstić information content (AvgIpc) is 3.10. The summed E-state index contributed by atoms with van der Waals surface area (Å²) in [4.78, 5) is 19.5. The van der Waals surface area contributed by atoms with Crippen molar-refractivity contribution in [3.63, 3.8) is 0 Å². The fourth-order valence-corrected chi connectivity index (χ4v) is 4.99. The van der Waals surface area contributed by atoms with E-state index in [1.165, 1.54) is 24.9 Å². The number of carbonyl (C=O) groups excluding carboxylic acids is 1. The molecule has 4 rings (SSSR count). The van der Waals surface area contributed by atoms with Gasteiger partial charge in [-0.25, -0.2) is 13.8 Å². The van der Waals surface area contributed by atoms with Crippen molar-refractivity contribution in [3.8, 4) is 0 Å². The molecule has 5 N–H and O–H groups in total. The monoisotopic (exact) mass is 445 g/mol. The Labute approximate surface area is 183 Å². The summed E-state index contributed by atoms with van der Waals surface area (Å²) in [6.07, 6.45) is 1.66. The number of nitrogens with two attached hydrogens (primary N) is 2. The van der Waals surface area contributed by atoms with Crippen LogP contribution >= 0.6 is 11.3 Å². The number of nitrogens with one attached hydrogen (secondary N) is 1. The predicted octanol–water partition coefficient (Wildman–Crippen LogP) is 4.36. The van der Waals surface area contributed by atoms with Crippen LogP contribution in [0.25, 0.3) is 10.2 Å². The molecule has 9 heteroatoms. The van der Waals surface area contributed by atoms with Crippen molar-refractivity contribution >= 4 is 44.7 Å². The fraction of sp³-hybridized carbons (Fsp3) is 0.364. The molecule has 0 spiro atoms. The van der Waals surface area contributed by atoms with Crippen LogP contribution in [0.2, 0.25) is 0 Å². The third kappa shape index (κ3) is 4.56. The maximum absolute atomic E-state index is 13.4. The lowest BCUT2D eigenvalue weighted by molar-refractivity contribution is 0.0959. The SMILES string of the molecule is Nc1cc(C(F)F)c2c(N)c(C(=O)NCCc3ccc(N4CCCCC4)cc3)sc2n1. The van der Waals surface area contributed by atoms with Crippen LogP contribution in [-0.4, -0.2) is 30.5 Å². The number of hydrogen-bond donors (Lipinski definition) is 3. The molecule has 6 nitrogen and oxygen atoms in total. The third-order valence-electron chi connectivity index (χ3n) is 5.55. The van der Waals surface area contributed by atoms with Gasteiger partial charge in [0.15, 0.2) is 0 Å². The quantitative estimate of drug-likeness (QED) is 0.524. The number of halogens is 2. The highest BCUT2D eigenvalue weighted by atomic mass is 32.1. The molecular formula is C22H25F2N5OS. The van der Waals surface area contributed by atoms with Crippen LogP contribution in [0.3, 0.4) is 0 Å². The second-order valence-electron chi connectivity index (χ2n) is 7.68. The van der Waals surface area contributed by atoms with E-state index in [1.807, 2.05) is 0 Å². The maximum atomic E-state index is 13.4. The highest BCUT2D eigenvalue weighted by molar-refractivity contribution is 7.21. The van der Waals surface area contributed by atoms with Gasteiger partial charge in [-0.15, -0.1) is 11.3 Å². The number of piperidine rings is 1. The topological polar surface area (TPSA) is 97.3 Å². The lowest BCUT2D eigenvalue weighted by Gasteiger charge is -2.28. The van der Waals surface area contributed by atoms with Crippen molar-refractivity contribution in [2.24, 2.45) is 0 Å². The second kappa shape index (κ2) is 9.05. The molecule has 1 aliphatic heterocycles. The summed E-state index contributed by atoms with van der Waals surface area (Å²) in [5.41, 5.74) is 13.7. The Morgan fingerprint density at radius 1 is 1.16 bits per heavy atom. The molecule has 0 atom stereocenters. The minimum Gasteiger partial charge on any atom is -0.397 e. The number of nitrogen functional groups attached to an aromatic ring is 2. The number of thiophene rings is 1. The summed E-state index contributed by atoms with van der Waals surface area (Å²) >= 11 is 0.975. The molecule has 31 heavy (non-hydrogen) atoms. The summed E-state index contributed by atoms with van der Waals surface area (Å²) < 4.78 is 26.7. The van der Waals surface area contributed by atoms with Crippen LogP contribution in [-0.2, 0) is 6.42 Å². The van der Waals surface area contributed by atoms with E-state index < -0.39 is 12.3 Å². The molecule has 1 aromatic carbocycles. The van der Waals surface area contributed by atoms with Crippen LogP contribution in [0, 0.1) is 0 Å². The van der Waals surface area contributed by atoms with E-state index in [0.717, 1.165) is 36.1 Å². The predicted molar refractivity (Wildman–Crippen MR) is 122 cm³/mol. The van der Waals surface area contributed by atoms with Gasteiger partial charge in [-0.3, -0.25) is 4.79 Å². The number of carbonyl (C=O) groups is 1. The van der Waals surface area contributed by atoms with Crippen molar-refractivity contribution < 1.29 is 13.6 Å². The fourth-order valence-electron chi connectivity index (χ4n) is 3.94. The van der Waals surface area contributed by atoms with E-state index in [2.05, 4.69) is 39.5 Å². The molecule has 2 aromatic heterocycles. The van der Waals surface area contributed by atoms with E-state index in [9.17, 15) is 13.6 Å². The zero-order valence-corrected chi connectivity index (χ0v) is 17.9. The first-order valence-corrected chi connectivity index (χ1v) is 11.1. The van der Waals surface area contributed by atoms with Crippen molar-refractivity contribution in [1.29, 1.82) is 0 Å². The van der Waals surface area contributed by atoms with Crippen molar-refractivity contribution in [3.05, 3.63) is 46.3 Å². The Hall–Kier alpha value is -2.94. The van der Waals surface area contributed by atoms with E-state index in [0.29, 0.717) is 13.0 Å². The van der Waals surface area contributed by atoms with Crippen LogP contribution in [0.4, 0.5) is 26.0 Å². The molecule has 3 aromatic rings. The number of alkyl halides is 2. The first-order valence-electron chi connectivity index (χ1n) is 10.3. The summed E-state index contributed by atoms with van der Waals surface area (Å²) in [6, 6.07) is 9.49. The van der Waals surface area contributed by atoms with Crippen molar-refractivity contribution in [2.75, 3.05) is 36.0 Å². The summed E-state index contributed by atoms with van der Waals surface area (Å²) in [7, 11) is 0. The summed E-state index contributed by atoms with van der Waals surface area (Å²) in [5.74, 6) is -0.423. The Balaban J connectivity index is 1.40. The molecule has 3 heterocycles. The van der Waals surface area contributed by atoms with Gasteiger partial charge in [0.1, 0.15) is 15.5 Å². The van der Waals surface area contributed by atoms with E-state index in [4.69, 9.17) is 11.5 Å². The number of nitrogens with zero attached hydrogens (tertiary/aromatic N) is 2. The molecule has 1 aliphatic rings. The molecule has 0 bridgehead atoms. The molecule has 0 saturated carbocycles. The third-order valence-corrected chi connectivity index (χ3v) is 6.65. The van der Waals surface area contributed by atoms with Crippen LogP contribution in [0.5, 0.6) is 0 Å². The molecule has 0 aliphatic carbocycles. The highest BCUT2D eigenvalue weighted by Crippen LogP contribution is 2.39. The lowest BCUT2D eigenvalue weighted by Crippen LogP contribution is -2.29. The minimum atomic E-state index is -2.76. The molecular weight excluding hydrogens is 420 g/mol. The molecule has 164 valence electrons. The van der Waals surface area contributed by atoms with Crippen LogP contribution in [0.15, 0.2) is 30.3 Å². The highest BCUT2D eigenvalue weighted by Gasteiger charge is 2.23. The number of aromatic nitrogens is 1. The largest absolute Gasteiger partial charge is 0.397 e. The number of rotatable bonds is 6. The average molecular weight is 446 g/mol. The first-order chi connectivity index (χ1) is 14.9. The summed E-state index contributed by atoms with van der Waals surface area (Å²) in [5, 5.41) is 2.93. The number of benzene rings is 1. The second-order valence-corrected chi connectivity index (χ2v) is 8.68. The van der Waals surface area contributed by atoms with Gasteiger partial charge in [0, 0.05) is 36.3 Å². The normalized spacial score (nSPS) is 14.4. The van der Waals surface area contributed by atoms with Gasteiger partial charge in [0.25, 0.3) is 12.3 Å². The Morgan fingerprint density at radius 3 is 2.55 bits per heavy atom. The number of amides is 1. The zero-order chi connectivity index (χ0) is 22.0. The smallest absolute Gasteiger partial charge is 0.264 e. The zero-order valence-electron chi connectivity index (χ0n) is 17.0. The minimum absolute atomic E-state index is 0.0196. The molecule has 1 fully saturated rings. The standard InChI is InChI=1S/C22H25F2N5OS/c23-20(24)15-12-16(25)28-22-17(15)18(26)19(31-22)21(30)27-9-8-13-4-6-14(7-5-13)29-10-2-1-3-11-29/h4-7,12,20H,1-3,8-11,26H2,(H2,25,28)(H,27,30). The molecule has 1 saturated heterocycles. The Kier molecular flexibility index (Phi) is 6.22. The van der Waals surface area contributed by atoms with Crippen molar-refractivity contribution in [1.82, 2.24) is 10.3 Å². The van der Waals surface area contributed by atoms with Gasteiger partial charge in [-0.2, -0.15) is 0 Å². The van der Waals surface area contributed by atoms with E-state index in [-0.39, 0.29) is 32.2 Å². The van der Waals surface area contributed by atoms with Gasteiger partial charge < -0.3 is 21.7 Å².